The molecule has 0 aliphatic rings. The molecule has 16 aromatic rings. The van der Waals surface area contributed by atoms with Gasteiger partial charge in [0.2, 0.25) is 0 Å². The van der Waals surface area contributed by atoms with Gasteiger partial charge in [-0.25, -0.2) is 0 Å². The molecule has 0 atom stereocenters. The van der Waals surface area contributed by atoms with Crippen LogP contribution in [-0.2, 0) is 59.8 Å². The van der Waals surface area contributed by atoms with Gasteiger partial charge >= 0.3 is 23.9 Å². The Bertz CT molecular complexity index is 5780. The molecule has 0 heterocycles. The van der Waals surface area contributed by atoms with Crippen LogP contribution in [0.15, 0.2) is 388 Å². The van der Waals surface area contributed by atoms with Crippen LogP contribution in [0.2, 0.25) is 40.2 Å². The van der Waals surface area contributed by atoms with E-state index in [1.54, 1.807) is 194 Å². The fraction of sp³-hybridized carbons (Fsp3) is 0.174. The lowest BCUT2D eigenvalue weighted by atomic mass is 9.73. The quantitative estimate of drug-likeness (QED) is 0.0260. The first-order chi connectivity index (χ1) is 70.0. The van der Waals surface area contributed by atoms with E-state index in [0.29, 0.717) is 132 Å². The highest BCUT2D eigenvalue weighted by molar-refractivity contribution is 6.32. The van der Waals surface area contributed by atoms with E-state index >= 15 is 19.2 Å². The third-order valence-electron chi connectivity index (χ3n) is 25.8. The van der Waals surface area contributed by atoms with E-state index in [1.807, 2.05) is 222 Å². The van der Waals surface area contributed by atoms with Crippen molar-refractivity contribution in [3.63, 3.8) is 0 Å². The normalized spacial score (nSPS) is 11.6. The molecule has 0 aliphatic carbocycles. The molecule has 0 spiro atoms. The predicted molar refractivity (Wildman–Crippen MR) is 573 cm³/mol. The molecule has 0 radical (unpaired) electrons. The molecule has 0 N–H and O–H groups in total. The van der Waals surface area contributed by atoms with Crippen molar-refractivity contribution in [2.45, 2.75) is 101 Å². The molecule has 16 nitrogen and oxygen atoms in total. The molecule has 145 heavy (non-hydrogen) atoms. The zero-order valence-electron chi connectivity index (χ0n) is 79.5. The number of halogens is 8. The van der Waals surface area contributed by atoms with Crippen molar-refractivity contribution in [1.82, 2.24) is 0 Å². The van der Waals surface area contributed by atoms with E-state index < -0.39 is 77.4 Å². The number of carbonyl (C=O) groups excluding carboxylic acids is 4. The van der Waals surface area contributed by atoms with Crippen LogP contribution in [0, 0.1) is 5.41 Å². The molecule has 24 heteroatoms. The van der Waals surface area contributed by atoms with Crippen LogP contribution in [-0.4, -0.2) is 50.3 Å². The van der Waals surface area contributed by atoms with Crippen LogP contribution in [0.25, 0.3) is 0 Å². The molecule has 0 fully saturated rings. The maximum absolute atomic E-state index is 15.5. The third-order valence-corrected chi connectivity index (χ3v) is 27.8. The summed E-state index contributed by atoms with van der Waals surface area (Å²) in [6.45, 7) is 5.67. The highest BCUT2D eigenvalue weighted by Crippen LogP contribution is 2.47. The number of esters is 4. The number of hydrogen-bond donors (Lipinski definition) is 0. The summed E-state index contributed by atoms with van der Waals surface area (Å²) < 4.78 is 76.7. The molecule has 0 unspecified atom stereocenters. The second-order valence-electron chi connectivity index (χ2n) is 36.1. The van der Waals surface area contributed by atoms with E-state index in [9.17, 15) is 0 Å². The van der Waals surface area contributed by atoms with Crippen LogP contribution in [0.3, 0.4) is 0 Å². The van der Waals surface area contributed by atoms with E-state index in [4.69, 9.17) is 150 Å². The van der Waals surface area contributed by atoms with Gasteiger partial charge in [-0.15, -0.1) is 0 Å². The summed E-state index contributed by atoms with van der Waals surface area (Å²) in [7, 11) is 0. The van der Waals surface area contributed by atoms with Gasteiger partial charge in [0.1, 0.15) is 124 Å². The number of carbonyl (C=O) groups is 4. The van der Waals surface area contributed by atoms with Crippen molar-refractivity contribution >= 4 is 117 Å². The topological polar surface area (TPSA) is 179 Å². The zero-order valence-corrected chi connectivity index (χ0v) is 85.5. The summed E-state index contributed by atoms with van der Waals surface area (Å²) in [6, 6.07) is 117. The Morgan fingerprint density at radius 3 is 0.366 bits per heavy atom. The summed E-state index contributed by atoms with van der Waals surface area (Å²) in [4.78, 5) is 62.0. The standard InChI is InChI=1S/C121H100Cl8O16/c1-117(81-5-37-97(38-6-81)138-105-53-21-89(122)22-54-105,82-7-39-98(40-8-82)139-106-55-23-90(123)24-56-106)73-69-113(130)134-77-121(78-135-114(131)70-74-118(2,83-9-41-99(42-10-83)140-107-57-25-91(124)26-58-107)84-11-43-100(44-12-84)141-108-59-27-92(125)28-60-108,79-136-115(132)71-75-119(3,85-13-45-101(46-14-85)142-109-61-29-93(126)30-62-109)86-15-47-102(48-16-86)143-110-63-31-94(127)32-64-110)80-137-116(133)72-76-120(4,87-17-49-103(50-18-87)144-111-65-33-95(128)34-66-111)88-19-51-104(52-20-88)145-112-67-35-96(129)36-68-112/h5-68H,69-80H2,1-4H3. The minimum Gasteiger partial charge on any atom is -0.465 e. The van der Waals surface area contributed by atoms with E-state index in [-0.39, 0.29) is 51.4 Å². The summed E-state index contributed by atoms with van der Waals surface area (Å²) in [5.74, 6) is 6.21. The summed E-state index contributed by atoms with van der Waals surface area (Å²) in [6.07, 6.45) is -0.196. The van der Waals surface area contributed by atoms with Gasteiger partial charge in [0.25, 0.3) is 0 Å². The van der Waals surface area contributed by atoms with Crippen LogP contribution >= 0.6 is 92.8 Å². The second kappa shape index (κ2) is 48.2. The Morgan fingerprint density at radius 1 is 0.166 bits per heavy atom. The fourth-order valence-electron chi connectivity index (χ4n) is 16.9. The minimum atomic E-state index is -1.84. The third kappa shape index (κ3) is 28.4. The van der Waals surface area contributed by atoms with Crippen molar-refractivity contribution in [1.29, 1.82) is 0 Å². The van der Waals surface area contributed by atoms with Crippen LogP contribution in [0.4, 0.5) is 0 Å². The Balaban J connectivity index is 0.740. The van der Waals surface area contributed by atoms with Gasteiger partial charge in [-0.3, -0.25) is 19.2 Å². The minimum absolute atomic E-state index is 0.158. The van der Waals surface area contributed by atoms with Crippen molar-refractivity contribution in [3.05, 3.63) is 473 Å². The van der Waals surface area contributed by atoms with E-state index in [1.165, 1.54) is 0 Å². The first-order valence-corrected chi connectivity index (χ1v) is 50.0. The molecular formula is C121H100Cl8O16. The molecule has 16 rings (SSSR count). The maximum Gasteiger partial charge on any atom is 0.305 e. The van der Waals surface area contributed by atoms with Crippen molar-refractivity contribution in [3.8, 4) is 92.0 Å². The smallest absolute Gasteiger partial charge is 0.305 e. The largest absolute Gasteiger partial charge is 0.465 e. The van der Waals surface area contributed by atoms with Crippen molar-refractivity contribution < 1.29 is 76.0 Å². The molecule has 736 valence electrons. The van der Waals surface area contributed by atoms with Crippen LogP contribution in [0.1, 0.15) is 124 Å². The summed E-state index contributed by atoms with van der Waals surface area (Å²) in [5.41, 5.74) is 1.02. The second-order valence-corrected chi connectivity index (χ2v) is 39.6. The maximum atomic E-state index is 15.5. The van der Waals surface area contributed by atoms with Gasteiger partial charge in [-0.1, -0.05) is 218 Å². The molecular weight excluding hydrogens is 1990 g/mol. The summed E-state index contributed by atoms with van der Waals surface area (Å²) in [5, 5.41) is 4.45. The van der Waals surface area contributed by atoms with Gasteiger partial charge in [0.15, 0.2) is 0 Å². The van der Waals surface area contributed by atoms with Gasteiger partial charge < -0.3 is 56.8 Å². The average molecular weight is 2090 g/mol. The Labute approximate surface area is 883 Å². The molecule has 0 saturated heterocycles. The molecule has 0 aliphatic heterocycles. The Hall–Kier alpha value is -13.9. The predicted octanol–water partition coefficient (Wildman–Crippen LogP) is 34.9. The van der Waals surface area contributed by atoms with Crippen molar-refractivity contribution in [2.75, 3.05) is 26.4 Å². The molecule has 0 bridgehead atoms. The lowest BCUT2D eigenvalue weighted by molar-refractivity contribution is -0.171. The SMILES string of the molecule is CC(CCC(=O)OCC(COC(=O)CCC(C)(c1ccc(Oc2ccc(Cl)cc2)cc1)c1ccc(Oc2ccc(Cl)cc2)cc1)(COC(=O)CCC(C)(c1ccc(Oc2ccc(Cl)cc2)cc1)c1ccc(Oc2ccc(Cl)cc2)cc1)COC(=O)CCC(C)(c1ccc(Oc2ccc(Cl)cc2)cc1)c1ccc(Oc2ccc(Cl)cc2)cc1)(c1ccc(Oc2ccc(Cl)cc2)cc1)c1ccc(Oc2ccc(Cl)cc2)cc1. The van der Waals surface area contributed by atoms with Gasteiger partial charge in [-0.05, 0) is 361 Å². The van der Waals surface area contributed by atoms with Crippen LogP contribution in [0.5, 0.6) is 92.0 Å². The monoisotopic (exact) mass is 2090 g/mol. The van der Waals surface area contributed by atoms with Crippen molar-refractivity contribution in [2.24, 2.45) is 5.41 Å². The molecule has 0 aromatic heterocycles. The van der Waals surface area contributed by atoms with E-state index in [0.717, 1.165) is 44.5 Å². The van der Waals surface area contributed by atoms with Gasteiger partial charge in [-0.2, -0.15) is 0 Å². The highest BCUT2D eigenvalue weighted by Gasteiger charge is 2.42. The Morgan fingerprint density at radius 2 is 0.262 bits per heavy atom. The van der Waals surface area contributed by atoms with E-state index in [2.05, 4.69) is 0 Å². The first kappa shape index (κ1) is 104. The summed E-state index contributed by atoms with van der Waals surface area (Å²) >= 11 is 50.2. The molecule has 0 amide bonds. The fourth-order valence-corrected chi connectivity index (χ4v) is 17.9. The lowest BCUT2D eigenvalue weighted by Gasteiger charge is -2.34. The lowest BCUT2D eigenvalue weighted by Crippen LogP contribution is -2.44. The Kier molecular flexibility index (Phi) is 34.6. The zero-order chi connectivity index (χ0) is 102. The number of ether oxygens (including phenoxy) is 12. The highest BCUT2D eigenvalue weighted by atomic mass is 35.5. The number of hydrogen-bond acceptors (Lipinski definition) is 16. The first-order valence-electron chi connectivity index (χ1n) is 47.0. The van der Waals surface area contributed by atoms with Gasteiger partial charge in [0.05, 0.1) is 0 Å². The number of benzene rings is 16. The van der Waals surface area contributed by atoms with Crippen LogP contribution < -0.4 is 37.9 Å². The number of rotatable bonds is 44. The molecule has 0 saturated carbocycles. The van der Waals surface area contributed by atoms with Gasteiger partial charge in [0, 0.05) is 87.5 Å². The molecule has 16 aromatic carbocycles. The average Bonchev–Trinajstić information content (AvgIpc) is 0.794.